The van der Waals surface area contributed by atoms with Crippen molar-refractivity contribution in [1.82, 2.24) is 0 Å². The molecule has 0 saturated heterocycles. The van der Waals surface area contributed by atoms with Crippen molar-refractivity contribution in [2.75, 3.05) is 24.5 Å². The van der Waals surface area contributed by atoms with Crippen LogP contribution >= 0.6 is 15.9 Å². The molecule has 2 N–H and O–H groups in total. The van der Waals surface area contributed by atoms with E-state index in [-0.39, 0.29) is 0 Å². The zero-order valence-electron chi connectivity index (χ0n) is 10.9. The first-order valence-electron chi connectivity index (χ1n) is 6.46. The molecule has 1 aromatic rings. The Labute approximate surface area is 113 Å². The van der Waals surface area contributed by atoms with Gasteiger partial charge in [0.2, 0.25) is 0 Å². The van der Waals surface area contributed by atoms with Gasteiger partial charge in [-0.25, -0.2) is 0 Å². The Balaban J connectivity index is 2.79. The maximum Gasteiger partial charge on any atom is 0.0377 e. The summed E-state index contributed by atoms with van der Waals surface area (Å²) < 4.78 is 1.18. The lowest BCUT2D eigenvalue weighted by Crippen LogP contribution is -2.23. The van der Waals surface area contributed by atoms with Crippen molar-refractivity contribution in [2.24, 2.45) is 5.73 Å². The summed E-state index contributed by atoms with van der Waals surface area (Å²) in [4.78, 5) is 2.42. The first kappa shape index (κ1) is 14.5. The lowest BCUT2D eigenvalue weighted by atomic mass is 10.1. The van der Waals surface area contributed by atoms with Gasteiger partial charge in [0.1, 0.15) is 0 Å². The number of hydrogen-bond donors (Lipinski definition) is 1. The van der Waals surface area contributed by atoms with Gasteiger partial charge in [0.15, 0.2) is 0 Å². The Hall–Kier alpha value is -0.540. The molecule has 0 aliphatic rings. The molecule has 0 aromatic heterocycles. The number of nitrogens with two attached hydrogens (primary N) is 1. The van der Waals surface area contributed by atoms with E-state index in [1.165, 1.54) is 28.6 Å². The first-order chi connectivity index (χ1) is 8.22. The monoisotopic (exact) mass is 298 g/mol. The lowest BCUT2D eigenvalue weighted by Gasteiger charge is -2.23. The molecule has 96 valence electrons. The van der Waals surface area contributed by atoms with Crippen LogP contribution in [0, 0.1) is 0 Å². The molecule has 0 aliphatic carbocycles. The number of unbranched alkanes of at least 4 members (excludes halogenated alkanes) is 1. The highest BCUT2D eigenvalue weighted by molar-refractivity contribution is 9.10. The zero-order valence-corrected chi connectivity index (χ0v) is 12.5. The summed E-state index contributed by atoms with van der Waals surface area (Å²) in [5.74, 6) is 0. The maximum absolute atomic E-state index is 5.59. The highest BCUT2D eigenvalue weighted by atomic mass is 79.9. The van der Waals surface area contributed by atoms with E-state index in [9.17, 15) is 0 Å². The van der Waals surface area contributed by atoms with Crippen LogP contribution in [0.3, 0.4) is 0 Å². The average molecular weight is 299 g/mol. The smallest absolute Gasteiger partial charge is 0.0377 e. The van der Waals surface area contributed by atoms with Gasteiger partial charge in [0, 0.05) is 23.2 Å². The number of halogens is 1. The Morgan fingerprint density at radius 3 is 2.59 bits per heavy atom. The number of benzene rings is 1. The van der Waals surface area contributed by atoms with Crippen molar-refractivity contribution in [3.63, 3.8) is 0 Å². The molecule has 0 unspecified atom stereocenters. The van der Waals surface area contributed by atoms with Crippen LogP contribution in [-0.4, -0.2) is 19.6 Å². The van der Waals surface area contributed by atoms with Gasteiger partial charge in [-0.15, -0.1) is 0 Å². The topological polar surface area (TPSA) is 29.3 Å². The van der Waals surface area contributed by atoms with Gasteiger partial charge in [-0.1, -0.05) is 35.3 Å². The Kier molecular flexibility index (Phi) is 6.60. The Morgan fingerprint density at radius 2 is 2.06 bits per heavy atom. The normalized spacial score (nSPS) is 10.6. The third-order valence-corrected chi connectivity index (χ3v) is 3.72. The molecule has 0 radical (unpaired) electrons. The lowest BCUT2D eigenvalue weighted by molar-refractivity contribution is 0.732. The fourth-order valence-corrected chi connectivity index (χ4v) is 2.47. The van der Waals surface area contributed by atoms with Gasteiger partial charge in [0.05, 0.1) is 0 Å². The van der Waals surface area contributed by atoms with Crippen LogP contribution < -0.4 is 10.6 Å². The summed E-state index contributed by atoms with van der Waals surface area (Å²) >= 11 is 3.63. The fraction of sp³-hybridized carbons (Fsp3) is 0.571. The SMILES string of the molecule is CCCCN(CC)c1ccc(CCN)c(Br)c1. The van der Waals surface area contributed by atoms with E-state index in [0.29, 0.717) is 6.54 Å². The minimum Gasteiger partial charge on any atom is -0.372 e. The fourth-order valence-electron chi connectivity index (χ4n) is 1.91. The van der Waals surface area contributed by atoms with E-state index < -0.39 is 0 Å². The summed E-state index contributed by atoms with van der Waals surface area (Å²) in [6.07, 6.45) is 3.42. The molecular formula is C14H23BrN2. The van der Waals surface area contributed by atoms with E-state index in [1.807, 2.05) is 0 Å². The van der Waals surface area contributed by atoms with Crippen LogP contribution in [-0.2, 0) is 6.42 Å². The van der Waals surface area contributed by atoms with E-state index >= 15 is 0 Å². The average Bonchev–Trinajstić information content (AvgIpc) is 2.33. The van der Waals surface area contributed by atoms with E-state index in [1.54, 1.807) is 0 Å². The summed E-state index contributed by atoms with van der Waals surface area (Å²) in [5.41, 5.74) is 8.18. The zero-order chi connectivity index (χ0) is 12.7. The quantitative estimate of drug-likeness (QED) is 0.834. The largest absolute Gasteiger partial charge is 0.372 e. The second kappa shape index (κ2) is 7.72. The molecule has 17 heavy (non-hydrogen) atoms. The predicted octanol–water partition coefficient (Wildman–Crippen LogP) is 3.58. The van der Waals surface area contributed by atoms with Crippen LogP contribution in [0.2, 0.25) is 0 Å². The molecular weight excluding hydrogens is 276 g/mol. The molecule has 0 saturated carbocycles. The molecule has 0 heterocycles. The second-order valence-corrected chi connectivity index (χ2v) is 5.10. The second-order valence-electron chi connectivity index (χ2n) is 4.25. The predicted molar refractivity (Wildman–Crippen MR) is 79.7 cm³/mol. The highest BCUT2D eigenvalue weighted by Crippen LogP contribution is 2.24. The number of rotatable bonds is 7. The Morgan fingerprint density at radius 1 is 1.29 bits per heavy atom. The number of anilines is 1. The van der Waals surface area contributed by atoms with Gasteiger partial charge < -0.3 is 10.6 Å². The van der Waals surface area contributed by atoms with Crippen molar-refractivity contribution in [2.45, 2.75) is 33.1 Å². The van der Waals surface area contributed by atoms with Crippen LogP contribution in [0.25, 0.3) is 0 Å². The maximum atomic E-state index is 5.59. The van der Waals surface area contributed by atoms with Crippen LogP contribution in [0.1, 0.15) is 32.3 Å². The summed E-state index contributed by atoms with van der Waals surface area (Å²) in [6.45, 7) is 7.33. The molecule has 2 nitrogen and oxygen atoms in total. The summed E-state index contributed by atoms with van der Waals surface area (Å²) in [5, 5.41) is 0. The van der Waals surface area contributed by atoms with Gasteiger partial charge in [0.25, 0.3) is 0 Å². The standard InChI is InChI=1S/C14H23BrN2/c1-3-5-10-17(4-2)13-7-6-12(8-9-16)14(15)11-13/h6-7,11H,3-5,8-10,16H2,1-2H3. The van der Waals surface area contributed by atoms with Crippen LogP contribution in [0.4, 0.5) is 5.69 Å². The minimum absolute atomic E-state index is 0.700. The van der Waals surface area contributed by atoms with Crippen molar-refractivity contribution >= 4 is 21.6 Å². The third kappa shape index (κ3) is 4.32. The van der Waals surface area contributed by atoms with E-state index in [4.69, 9.17) is 5.73 Å². The van der Waals surface area contributed by atoms with Gasteiger partial charge in [-0.2, -0.15) is 0 Å². The van der Waals surface area contributed by atoms with Crippen molar-refractivity contribution < 1.29 is 0 Å². The van der Waals surface area contributed by atoms with E-state index in [0.717, 1.165) is 19.5 Å². The summed E-state index contributed by atoms with van der Waals surface area (Å²) in [6, 6.07) is 6.60. The highest BCUT2D eigenvalue weighted by Gasteiger charge is 2.06. The van der Waals surface area contributed by atoms with Gasteiger partial charge in [-0.05, 0) is 44.0 Å². The Bertz CT molecular complexity index is 339. The molecule has 0 amide bonds. The van der Waals surface area contributed by atoms with E-state index in [2.05, 4.69) is 52.9 Å². The molecule has 0 fully saturated rings. The van der Waals surface area contributed by atoms with Crippen molar-refractivity contribution in [3.8, 4) is 0 Å². The van der Waals surface area contributed by atoms with Crippen LogP contribution in [0.5, 0.6) is 0 Å². The molecule has 1 aromatic carbocycles. The van der Waals surface area contributed by atoms with Crippen molar-refractivity contribution in [3.05, 3.63) is 28.2 Å². The van der Waals surface area contributed by atoms with Crippen LogP contribution in [0.15, 0.2) is 22.7 Å². The third-order valence-electron chi connectivity index (χ3n) is 2.98. The molecule has 3 heteroatoms. The van der Waals surface area contributed by atoms with Crippen molar-refractivity contribution in [1.29, 1.82) is 0 Å². The first-order valence-corrected chi connectivity index (χ1v) is 7.25. The molecule has 0 aliphatic heterocycles. The number of hydrogen-bond acceptors (Lipinski definition) is 2. The molecule has 0 atom stereocenters. The molecule has 0 bridgehead atoms. The summed E-state index contributed by atoms with van der Waals surface area (Å²) in [7, 11) is 0. The molecule has 0 spiro atoms. The minimum atomic E-state index is 0.700. The molecule has 1 rings (SSSR count). The number of nitrogens with zero attached hydrogens (tertiary/aromatic N) is 1. The van der Waals surface area contributed by atoms with Gasteiger partial charge in [-0.3, -0.25) is 0 Å². The van der Waals surface area contributed by atoms with Gasteiger partial charge >= 0.3 is 0 Å².